The van der Waals surface area contributed by atoms with Crippen molar-refractivity contribution in [2.24, 2.45) is 0 Å². The molecule has 0 amide bonds. The zero-order chi connectivity index (χ0) is 15.1. The normalized spacial score (nSPS) is 11.0. The molecule has 3 aromatic rings. The molecular weight excluding hydrogens is 400 g/mol. The molecule has 6 heteroatoms. The standard InChI is InChI=1S/C15H10Br2N2O2/c1-7-8(3-2-4-10(7)16)14(20)9-5-12-13(6-11(9)17)19-15(21)18-12/h2-6H,1H3,(H2,18,19,21). The van der Waals surface area contributed by atoms with Crippen LogP contribution < -0.4 is 5.69 Å². The number of hydrogen-bond donors (Lipinski definition) is 2. The van der Waals surface area contributed by atoms with Crippen LogP contribution in [0.5, 0.6) is 0 Å². The molecule has 0 saturated heterocycles. The van der Waals surface area contributed by atoms with Crippen molar-refractivity contribution < 1.29 is 4.79 Å². The van der Waals surface area contributed by atoms with E-state index in [-0.39, 0.29) is 11.5 Å². The van der Waals surface area contributed by atoms with Crippen LogP contribution in [0.3, 0.4) is 0 Å². The first-order valence-corrected chi connectivity index (χ1v) is 7.77. The lowest BCUT2D eigenvalue weighted by Crippen LogP contribution is -2.05. The Morgan fingerprint density at radius 1 is 1.00 bits per heavy atom. The minimum absolute atomic E-state index is 0.0929. The Balaban J connectivity index is 2.19. The summed E-state index contributed by atoms with van der Waals surface area (Å²) in [6.07, 6.45) is 0. The number of nitrogens with one attached hydrogen (secondary N) is 2. The molecule has 21 heavy (non-hydrogen) atoms. The molecule has 2 N–H and O–H groups in total. The lowest BCUT2D eigenvalue weighted by molar-refractivity contribution is 0.103. The van der Waals surface area contributed by atoms with Gasteiger partial charge in [0.25, 0.3) is 0 Å². The topological polar surface area (TPSA) is 65.7 Å². The number of rotatable bonds is 2. The molecule has 2 aromatic carbocycles. The van der Waals surface area contributed by atoms with Crippen molar-refractivity contribution in [3.05, 3.63) is 66.5 Å². The fourth-order valence-corrected chi connectivity index (χ4v) is 3.12. The molecule has 0 atom stereocenters. The predicted octanol–water partition coefficient (Wildman–Crippen LogP) is 3.92. The quantitative estimate of drug-likeness (QED) is 0.630. The Bertz CT molecular complexity index is 925. The summed E-state index contributed by atoms with van der Waals surface area (Å²) in [4.78, 5) is 29.4. The van der Waals surface area contributed by atoms with E-state index in [1.807, 2.05) is 19.1 Å². The van der Waals surface area contributed by atoms with E-state index >= 15 is 0 Å². The van der Waals surface area contributed by atoms with Gasteiger partial charge in [0.2, 0.25) is 0 Å². The smallest absolute Gasteiger partial charge is 0.306 e. The first-order chi connectivity index (χ1) is 9.97. The van der Waals surface area contributed by atoms with Gasteiger partial charge in [-0.05, 0) is 46.6 Å². The lowest BCUT2D eigenvalue weighted by atomic mass is 9.99. The fourth-order valence-electron chi connectivity index (χ4n) is 2.23. The maximum Gasteiger partial charge on any atom is 0.323 e. The highest BCUT2D eigenvalue weighted by Crippen LogP contribution is 2.27. The molecule has 106 valence electrons. The van der Waals surface area contributed by atoms with Gasteiger partial charge in [0.1, 0.15) is 0 Å². The summed E-state index contributed by atoms with van der Waals surface area (Å²) in [5, 5.41) is 0. The molecule has 3 rings (SSSR count). The third-order valence-electron chi connectivity index (χ3n) is 3.36. The summed E-state index contributed by atoms with van der Waals surface area (Å²) in [7, 11) is 0. The number of benzene rings is 2. The number of fused-ring (bicyclic) bond motifs is 1. The molecule has 0 aliphatic rings. The zero-order valence-corrected chi connectivity index (χ0v) is 14.1. The molecule has 0 aliphatic heterocycles. The molecule has 1 aromatic heterocycles. The van der Waals surface area contributed by atoms with E-state index in [1.54, 1.807) is 18.2 Å². The number of hydrogen-bond acceptors (Lipinski definition) is 2. The monoisotopic (exact) mass is 408 g/mol. The summed E-state index contributed by atoms with van der Waals surface area (Å²) in [6, 6.07) is 8.93. The Morgan fingerprint density at radius 3 is 2.38 bits per heavy atom. The van der Waals surface area contributed by atoms with E-state index in [0.29, 0.717) is 26.6 Å². The van der Waals surface area contributed by atoms with Crippen LogP contribution in [-0.4, -0.2) is 15.8 Å². The number of ketones is 1. The third kappa shape index (κ3) is 2.49. The minimum atomic E-state index is -0.292. The fraction of sp³-hybridized carbons (Fsp3) is 0.0667. The van der Waals surface area contributed by atoms with Gasteiger partial charge in [-0.2, -0.15) is 0 Å². The summed E-state index contributed by atoms with van der Waals surface area (Å²) in [6.45, 7) is 1.89. The molecule has 0 bridgehead atoms. The van der Waals surface area contributed by atoms with Crippen molar-refractivity contribution in [1.82, 2.24) is 9.97 Å². The molecule has 0 aliphatic carbocycles. The summed E-state index contributed by atoms with van der Waals surface area (Å²) in [5.74, 6) is -0.0929. The van der Waals surface area contributed by atoms with Crippen molar-refractivity contribution in [3.63, 3.8) is 0 Å². The van der Waals surface area contributed by atoms with Crippen molar-refractivity contribution in [3.8, 4) is 0 Å². The molecule has 0 radical (unpaired) electrons. The summed E-state index contributed by atoms with van der Waals surface area (Å²) in [5.41, 5.74) is 3.01. The molecule has 4 nitrogen and oxygen atoms in total. The summed E-state index contributed by atoms with van der Waals surface area (Å²) < 4.78 is 1.54. The molecule has 0 spiro atoms. The van der Waals surface area contributed by atoms with E-state index < -0.39 is 0 Å². The second-order valence-corrected chi connectivity index (χ2v) is 6.41. The van der Waals surface area contributed by atoms with Crippen LogP contribution in [0.1, 0.15) is 21.5 Å². The van der Waals surface area contributed by atoms with E-state index in [1.165, 1.54) is 0 Å². The average Bonchev–Trinajstić information content (AvgIpc) is 2.79. The molecule has 0 unspecified atom stereocenters. The van der Waals surface area contributed by atoms with Crippen molar-refractivity contribution in [2.45, 2.75) is 6.92 Å². The van der Waals surface area contributed by atoms with Gasteiger partial charge in [0.05, 0.1) is 11.0 Å². The first-order valence-electron chi connectivity index (χ1n) is 6.18. The van der Waals surface area contributed by atoms with Gasteiger partial charge in [-0.1, -0.05) is 28.1 Å². The SMILES string of the molecule is Cc1c(Br)cccc1C(=O)c1cc2[nH]c(=O)[nH]c2cc1Br. The number of H-pyrrole nitrogens is 2. The average molecular weight is 410 g/mol. The zero-order valence-electron chi connectivity index (χ0n) is 11.0. The first kappa shape index (κ1) is 14.3. The third-order valence-corrected chi connectivity index (χ3v) is 4.88. The molecule has 0 saturated carbocycles. The van der Waals surface area contributed by atoms with Crippen molar-refractivity contribution in [1.29, 1.82) is 0 Å². The second-order valence-electron chi connectivity index (χ2n) is 4.70. The molecule has 1 heterocycles. The Hall–Kier alpha value is -1.66. The predicted molar refractivity (Wildman–Crippen MR) is 88.9 cm³/mol. The molecular formula is C15H10Br2N2O2. The van der Waals surface area contributed by atoms with Crippen LogP contribution in [0.2, 0.25) is 0 Å². The van der Waals surface area contributed by atoms with Gasteiger partial charge in [-0.3, -0.25) is 4.79 Å². The summed E-state index contributed by atoms with van der Waals surface area (Å²) >= 11 is 6.83. The van der Waals surface area contributed by atoms with Crippen LogP contribution in [0.25, 0.3) is 11.0 Å². The van der Waals surface area contributed by atoms with Gasteiger partial charge in [-0.15, -0.1) is 0 Å². The van der Waals surface area contributed by atoms with Crippen LogP contribution >= 0.6 is 31.9 Å². The van der Waals surface area contributed by atoms with Crippen molar-refractivity contribution >= 4 is 48.7 Å². The van der Waals surface area contributed by atoms with E-state index in [9.17, 15) is 9.59 Å². The number of aromatic nitrogens is 2. The van der Waals surface area contributed by atoms with Gasteiger partial charge in [-0.25, -0.2) is 4.79 Å². The highest BCUT2D eigenvalue weighted by Gasteiger charge is 2.17. The van der Waals surface area contributed by atoms with E-state index in [2.05, 4.69) is 41.8 Å². The van der Waals surface area contributed by atoms with Crippen LogP contribution in [0.15, 0.2) is 44.1 Å². The van der Waals surface area contributed by atoms with Gasteiger partial charge >= 0.3 is 5.69 Å². The number of halogens is 2. The minimum Gasteiger partial charge on any atom is -0.306 e. The van der Waals surface area contributed by atoms with Gasteiger partial charge in [0, 0.05) is 20.1 Å². The number of carbonyl (C=O) groups excluding carboxylic acids is 1. The maximum atomic E-state index is 12.7. The second kappa shape index (κ2) is 5.27. The highest BCUT2D eigenvalue weighted by atomic mass is 79.9. The largest absolute Gasteiger partial charge is 0.323 e. The molecule has 0 fully saturated rings. The van der Waals surface area contributed by atoms with Gasteiger partial charge < -0.3 is 9.97 Å². The maximum absolute atomic E-state index is 12.7. The van der Waals surface area contributed by atoms with Crippen LogP contribution in [0.4, 0.5) is 0 Å². The number of aromatic amines is 2. The Labute approximate surface area is 136 Å². The van der Waals surface area contributed by atoms with Crippen molar-refractivity contribution in [2.75, 3.05) is 0 Å². The van der Waals surface area contributed by atoms with E-state index in [4.69, 9.17) is 0 Å². The lowest BCUT2D eigenvalue weighted by Gasteiger charge is -2.08. The number of carbonyl (C=O) groups is 1. The van der Waals surface area contributed by atoms with Gasteiger partial charge in [0.15, 0.2) is 5.78 Å². The van der Waals surface area contributed by atoms with Crippen LogP contribution in [0, 0.1) is 6.92 Å². The Morgan fingerprint density at radius 2 is 1.67 bits per heavy atom. The van der Waals surface area contributed by atoms with E-state index in [0.717, 1.165) is 10.0 Å². The Kier molecular flexibility index (Phi) is 3.59. The van der Waals surface area contributed by atoms with Crippen LogP contribution in [-0.2, 0) is 0 Å². The highest BCUT2D eigenvalue weighted by molar-refractivity contribution is 9.10. The number of imidazole rings is 1.